The van der Waals surface area contributed by atoms with Gasteiger partial charge in [0.2, 0.25) is 0 Å². The van der Waals surface area contributed by atoms with E-state index in [1.807, 2.05) is 31.2 Å². The SMILES string of the molecule is Cc1cccc(C=C(C#N)c2nc(-c3cccc([N+](=O)[O-])c3)cs2)c1. The van der Waals surface area contributed by atoms with Gasteiger partial charge in [-0.25, -0.2) is 4.98 Å². The zero-order valence-corrected chi connectivity index (χ0v) is 14.2. The summed E-state index contributed by atoms with van der Waals surface area (Å²) in [4.78, 5) is 15.0. The summed E-state index contributed by atoms with van der Waals surface area (Å²) in [5.41, 5.74) is 3.81. The molecule has 0 bridgehead atoms. The molecular weight excluding hydrogens is 334 g/mol. The maximum Gasteiger partial charge on any atom is 0.270 e. The van der Waals surface area contributed by atoms with Gasteiger partial charge in [0, 0.05) is 23.1 Å². The van der Waals surface area contributed by atoms with E-state index in [2.05, 4.69) is 11.1 Å². The van der Waals surface area contributed by atoms with Crippen molar-refractivity contribution in [1.29, 1.82) is 5.26 Å². The number of rotatable bonds is 4. The van der Waals surface area contributed by atoms with Crippen LogP contribution >= 0.6 is 11.3 Å². The van der Waals surface area contributed by atoms with E-state index in [1.54, 1.807) is 23.6 Å². The van der Waals surface area contributed by atoms with Crippen molar-refractivity contribution in [2.45, 2.75) is 6.92 Å². The van der Waals surface area contributed by atoms with Gasteiger partial charge in [-0.3, -0.25) is 10.1 Å². The maximum atomic E-state index is 10.9. The largest absolute Gasteiger partial charge is 0.270 e. The van der Waals surface area contributed by atoms with Crippen LogP contribution in [0.15, 0.2) is 53.9 Å². The molecular formula is C19H13N3O2S. The number of nitriles is 1. The minimum Gasteiger partial charge on any atom is -0.258 e. The molecule has 0 atom stereocenters. The third-order valence-electron chi connectivity index (χ3n) is 3.56. The highest BCUT2D eigenvalue weighted by Gasteiger charge is 2.12. The average molecular weight is 347 g/mol. The molecule has 0 radical (unpaired) electrons. The Morgan fingerprint density at radius 2 is 2.08 bits per heavy atom. The Morgan fingerprint density at radius 1 is 1.28 bits per heavy atom. The molecule has 0 saturated heterocycles. The first-order valence-electron chi connectivity index (χ1n) is 7.46. The summed E-state index contributed by atoms with van der Waals surface area (Å²) in [6, 6.07) is 16.3. The van der Waals surface area contributed by atoms with Gasteiger partial charge in [-0.15, -0.1) is 11.3 Å². The summed E-state index contributed by atoms with van der Waals surface area (Å²) in [5, 5.41) is 22.8. The molecule has 0 unspecified atom stereocenters. The highest BCUT2D eigenvalue weighted by Crippen LogP contribution is 2.29. The molecule has 2 aromatic carbocycles. The molecule has 122 valence electrons. The van der Waals surface area contributed by atoms with Crippen LogP contribution in [0.5, 0.6) is 0 Å². The van der Waals surface area contributed by atoms with Crippen LogP contribution in [-0.4, -0.2) is 9.91 Å². The van der Waals surface area contributed by atoms with Gasteiger partial charge in [0.05, 0.1) is 16.2 Å². The number of allylic oxidation sites excluding steroid dienone is 1. The van der Waals surface area contributed by atoms with Crippen LogP contribution < -0.4 is 0 Å². The minimum atomic E-state index is -0.435. The van der Waals surface area contributed by atoms with Gasteiger partial charge >= 0.3 is 0 Å². The zero-order chi connectivity index (χ0) is 17.8. The molecule has 0 amide bonds. The molecule has 0 N–H and O–H groups in total. The average Bonchev–Trinajstić information content (AvgIpc) is 3.10. The number of nitrogens with zero attached hydrogens (tertiary/aromatic N) is 3. The van der Waals surface area contributed by atoms with E-state index >= 15 is 0 Å². The first-order valence-corrected chi connectivity index (χ1v) is 8.34. The third-order valence-corrected chi connectivity index (χ3v) is 4.44. The van der Waals surface area contributed by atoms with Crippen LogP contribution in [-0.2, 0) is 0 Å². The lowest BCUT2D eigenvalue weighted by Gasteiger charge is -1.98. The molecule has 1 aromatic heterocycles. The monoisotopic (exact) mass is 347 g/mol. The fourth-order valence-corrected chi connectivity index (χ4v) is 3.17. The van der Waals surface area contributed by atoms with Gasteiger partial charge in [-0.2, -0.15) is 5.26 Å². The Bertz CT molecular complexity index is 1020. The van der Waals surface area contributed by atoms with Gasteiger partial charge in [-0.05, 0) is 18.6 Å². The number of thiazole rings is 1. The van der Waals surface area contributed by atoms with Crippen molar-refractivity contribution >= 4 is 28.7 Å². The fourth-order valence-electron chi connectivity index (χ4n) is 2.38. The van der Waals surface area contributed by atoms with Crippen LogP contribution in [0, 0.1) is 28.4 Å². The lowest BCUT2D eigenvalue weighted by Crippen LogP contribution is -1.88. The topological polar surface area (TPSA) is 79.8 Å². The van der Waals surface area contributed by atoms with Crippen molar-refractivity contribution in [1.82, 2.24) is 4.98 Å². The Morgan fingerprint density at radius 3 is 2.80 bits per heavy atom. The van der Waals surface area contributed by atoms with Crippen molar-refractivity contribution < 1.29 is 4.92 Å². The van der Waals surface area contributed by atoms with Gasteiger partial charge in [0.25, 0.3) is 5.69 Å². The molecule has 0 aliphatic heterocycles. The number of hydrogen-bond donors (Lipinski definition) is 0. The van der Waals surface area contributed by atoms with Crippen molar-refractivity contribution in [3.8, 4) is 17.3 Å². The Labute approximate surface area is 148 Å². The second-order valence-corrected chi connectivity index (χ2v) is 6.29. The number of non-ortho nitro benzene ring substituents is 1. The summed E-state index contributed by atoms with van der Waals surface area (Å²) in [5.74, 6) is 0. The van der Waals surface area contributed by atoms with Crippen molar-refractivity contribution in [3.05, 3.63) is 80.2 Å². The molecule has 0 aliphatic carbocycles. The van der Waals surface area contributed by atoms with Crippen molar-refractivity contribution in [3.63, 3.8) is 0 Å². The second-order valence-electron chi connectivity index (χ2n) is 5.43. The molecule has 5 nitrogen and oxygen atoms in total. The number of benzene rings is 2. The highest BCUT2D eigenvalue weighted by atomic mass is 32.1. The van der Waals surface area contributed by atoms with Gasteiger partial charge in [0.1, 0.15) is 11.1 Å². The van der Waals surface area contributed by atoms with E-state index < -0.39 is 4.92 Å². The molecule has 0 saturated carbocycles. The van der Waals surface area contributed by atoms with E-state index in [9.17, 15) is 15.4 Å². The molecule has 3 rings (SSSR count). The summed E-state index contributed by atoms with van der Waals surface area (Å²) in [7, 11) is 0. The first kappa shape index (κ1) is 16.6. The Balaban J connectivity index is 1.96. The normalized spacial score (nSPS) is 11.1. The molecule has 3 aromatic rings. The summed E-state index contributed by atoms with van der Waals surface area (Å²) in [6.07, 6.45) is 1.79. The molecule has 6 heteroatoms. The van der Waals surface area contributed by atoms with Gasteiger partial charge in [0.15, 0.2) is 0 Å². The summed E-state index contributed by atoms with van der Waals surface area (Å²) in [6.45, 7) is 1.99. The van der Waals surface area contributed by atoms with E-state index in [-0.39, 0.29) is 5.69 Å². The Hall–Kier alpha value is -3.30. The Kier molecular flexibility index (Phi) is 4.68. The standard InChI is InChI=1S/C19H13N3O2S/c1-13-4-2-5-14(8-13)9-16(11-20)19-21-18(12-25-19)15-6-3-7-17(10-15)22(23)24/h2-10,12H,1H3. The molecule has 1 heterocycles. The van der Waals surface area contributed by atoms with Crippen molar-refractivity contribution in [2.75, 3.05) is 0 Å². The second kappa shape index (κ2) is 7.07. The van der Waals surface area contributed by atoms with Gasteiger partial charge < -0.3 is 0 Å². The lowest BCUT2D eigenvalue weighted by molar-refractivity contribution is -0.384. The fraction of sp³-hybridized carbons (Fsp3) is 0.0526. The third kappa shape index (κ3) is 3.79. The van der Waals surface area contributed by atoms with E-state index in [0.717, 1.165) is 11.1 Å². The summed E-state index contributed by atoms with van der Waals surface area (Å²) < 4.78 is 0. The predicted molar refractivity (Wildman–Crippen MR) is 98.9 cm³/mol. The van der Waals surface area contributed by atoms with Crippen LogP contribution in [0.2, 0.25) is 0 Å². The number of hydrogen-bond acceptors (Lipinski definition) is 5. The smallest absolute Gasteiger partial charge is 0.258 e. The van der Waals surface area contributed by atoms with E-state index in [4.69, 9.17) is 0 Å². The highest BCUT2D eigenvalue weighted by molar-refractivity contribution is 7.11. The van der Waals surface area contributed by atoms with Crippen LogP contribution in [0.3, 0.4) is 0 Å². The van der Waals surface area contributed by atoms with Crippen LogP contribution in [0.1, 0.15) is 16.1 Å². The van der Waals surface area contributed by atoms with Crippen LogP contribution in [0.25, 0.3) is 22.9 Å². The molecule has 0 aliphatic rings. The quantitative estimate of drug-likeness (QED) is 0.374. The maximum absolute atomic E-state index is 10.9. The predicted octanol–water partition coefficient (Wildman–Crippen LogP) is 5.09. The number of nitro benzene ring substituents is 1. The number of aromatic nitrogens is 1. The van der Waals surface area contributed by atoms with E-state index in [0.29, 0.717) is 21.8 Å². The minimum absolute atomic E-state index is 0.0165. The van der Waals surface area contributed by atoms with Gasteiger partial charge in [-0.1, -0.05) is 42.0 Å². The van der Waals surface area contributed by atoms with Crippen LogP contribution in [0.4, 0.5) is 5.69 Å². The van der Waals surface area contributed by atoms with Crippen molar-refractivity contribution in [2.24, 2.45) is 0 Å². The summed E-state index contributed by atoms with van der Waals surface area (Å²) >= 11 is 1.34. The molecule has 0 spiro atoms. The zero-order valence-electron chi connectivity index (χ0n) is 13.3. The first-order chi connectivity index (χ1) is 12.1. The lowest BCUT2D eigenvalue weighted by atomic mass is 10.1. The number of nitro groups is 1. The molecule has 25 heavy (non-hydrogen) atoms. The van der Waals surface area contributed by atoms with E-state index in [1.165, 1.54) is 23.5 Å². The number of aryl methyl sites for hydroxylation is 1. The molecule has 0 fully saturated rings.